The van der Waals surface area contributed by atoms with Gasteiger partial charge in [-0.3, -0.25) is 5.10 Å². The molecule has 2 rings (SSSR count). The molecule has 0 aliphatic heterocycles. The molecule has 1 aliphatic carbocycles. The SMILES string of the molecule is CCOC1=Cc2[nH]ncc2CC1. The van der Waals surface area contributed by atoms with Gasteiger partial charge in [-0.15, -0.1) is 0 Å². The summed E-state index contributed by atoms with van der Waals surface area (Å²) in [5.74, 6) is 1.06. The third-order valence-electron chi connectivity index (χ3n) is 2.03. The van der Waals surface area contributed by atoms with Crippen molar-refractivity contribution in [2.45, 2.75) is 19.8 Å². The summed E-state index contributed by atoms with van der Waals surface area (Å²) in [6, 6.07) is 0. The fourth-order valence-corrected chi connectivity index (χ4v) is 1.44. The van der Waals surface area contributed by atoms with Gasteiger partial charge in [0.05, 0.1) is 24.3 Å². The molecule has 3 heteroatoms. The van der Waals surface area contributed by atoms with E-state index in [1.165, 1.54) is 5.56 Å². The molecule has 0 unspecified atom stereocenters. The van der Waals surface area contributed by atoms with Gasteiger partial charge in [-0.2, -0.15) is 5.10 Å². The molecule has 3 nitrogen and oxygen atoms in total. The zero-order valence-electron chi connectivity index (χ0n) is 7.13. The van der Waals surface area contributed by atoms with E-state index in [1.807, 2.05) is 19.2 Å². The van der Waals surface area contributed by atoms with Crippen LogP contribution in [0.5, 0.6) is 0 Å². The van der Waals surface area contributed by atoms with Crippen molar-refractivity contribution in [1.29, 1.82) is 0 Å². The lowest BCUT2D eigenvalue weighted by Gasteiger charge is -2.12. The van der Waals surface area contributed by atoms with Crippen molar-refractivity contribution in [3.63, 3.8) is 0 Å². The number of allylic oxidation sites excluding steroid dienone is 1. The van der Waals surface area contributed by atoms with Gasteiger partial charge < -0.3 is 4.74 Å². The number of H-pyrrole nitrogens is 1. The molecule has 0 amide bonds. The topological polar surface area (TPSA) is 37.9 Å². The lowest BCUT2D eigenvalue weighted by molar-refractivity contribution is 0.221. The van der Waals surface area contributed by atoms with Crippen LogP contribution in [0.1, 0.15) is 24.6 Å². The monoisotopic (exact) mass is 164 g/mol. The normalized spacial score (nSPS) is 15.2. The predicted octanol–water partition coefficient (Wildman–Crippen LogP) is 1.73. The Morgan fingerprint density at radius 3 is 3.33 bits per heavy atom. The van der Waals surface area contributed by atoms with E-state index < -0.39 is 0 Å². The molecule has 12 heavy (non-hydrogen) atoms. The number of fused-ring (bicyclic) bond motifs is 1. The standard InChI is InChI=1S/C9H12N2O/c1-2-12-8-4-3-7-6-10-11-9(7)5-8/h5-6H,2-4H2,1H3,(H,10,11). The Morgan fingerprint density at radius 2 is 2.50 bits per heavy atom. The van der Waals surface area contributed by atoms with E-state index >= 15 is 0 Å². The highest BCUT2D eigenvalue weighted by molar-refractivity contribution is 5.53. The average Bonchev–Trinajstić information content (AvgIpc) is 2.51. The van der Waals surface area contributed by atoms with E-state index in [2.05, 4.69) is 10.2 Å². The minimum atomic E-state index is 0.745. The number of nitrogens with zero attached hydrogens (tertiary/aromatic N) is 1. The second-order valence-electron chi connectivity index (χ2n) is 2.85. The molecule has 0 atom stereocenters. The van der Waals surface area contributed by atoms with Crippen molar-refractivity contribution in [2.75, 3.05) is 6.61 Å². The van der Waals surface area contributed by atoms with Crippen LogP contribution in [0, 0.1) is 0 Å². The lowest BCUT2D eigenvalue weighted by Crippen LogP contribution is -2.00. The summed E-state index contributed by atoms with van der Waals surface area (Å²) in [7, 11) is 0. The van der Waals surface area contributed by atoms with Gasteiger partial charge in [-0.25, -0.2) is 0 Å². The highest BCUT2D eigenvalue weighted by Gasteiger charge is 2.11. The second-order valence-corrected chi connectivity index (χ2v) is 2.85. The van der Waals surface area contributed by atoms with Gasteiger partial charge in [0.1, 0.15) is 0 Å². The zero-order chi connectivity index (χ0) is 8.39. The first-order chi connectivity index (χ1) is 5.90. The molecule has 0 spiro atoms. The smallest absolute Gasteiger partial charge is 0.0984 e. The maximum atomic E-state index is 5.42. The van der Waals surface area contributed by atoms with Crippen molar-refractivity contribution in [3.05, 3.63) is 23.2 Å². The fourth-order valence-electron chi connectivity index (χ4n) is 1.44. The van der Waals surface area contributed by atoms with Crippen LogP contribution in [0.3, 0.4) is 0 Å². The molecule has 64 valence electrons. The number of rotatable bonds is 2. The number of nitrogens with one attached hydrogen (secondary N) is 1. The van der Waals surface area contributed by atoms with E-state index in [0.717, 1.165) is 30.9 Å². The molecule has 1 aliphatic rings. The number of aromatic nitrogens is 2. The van der Waals surface area contributed by atoms with Crippen LogP contribution in [0.2, 0.25) is 0 Å². The summed E-state index contributed by atoms with van der Waals surface area (Å²) in [5.41, 5.74) is 2.39. The van der Waals surface area contributed by atoms with Gasteiger partial charge in [0.2, 0.25) is 0 Å². The summed E-state index contributed by atoms with van der Waals surface area (Å²) >= 11 is 0. The molecule has 0 radical (unpaired) electrons. The minimum Gasteiger partial charge on any atom is -0.498 e. The van der Waals surface area contributed by atoms with Crippen molar-refractivity contribution in [2.24, 2.45) is 0 Å². The Balaban J connectivity index is 2.23. The first-order valence-electron chi connectivity index (χ1n) is 4.25. The van der Waals surface area contributed by atoms with Crippen LogP contribution in [0.4, 0.5) is 0 Å². The van der Waals surface area contributed by atoms with Crippen molar-refractivity contribution in [3.8, 4) is 0 Å². The van der Waals surface area contributed by atoms with E-state index in [1.54, 1.807) is 0 Å². The Kier molecular flexibility index (Phi) is 1.86. The van der Waals surface area contributed by atoms with Gasteiger partial charge in [-0.05, 0) is 18.9 Å². The highest BCUT2D eigenvalue weighted by atomic mass is 16.5. The number of hydrogen-bond acceptors (Lipinski definition) is 2. The Bertz CT molecular complexity index is 301. The second kappa shape index (κ2) is 3.01. The van der Waals surface area contributed by atoms with Crippen LogP contribution in [-0.2, 0) is 11.2 Å². The van der Waals surface area contributed by atoms with Crippen molar-refractivity contribution < 1.29 is 4.74 Å². The minimum absolute atomic E-state index is 0.745. The van der Waals surface area contributed by atoms with Gasteiger partial charge in [0.15, 0.2) is 0 Å². The molecule has 1 N–H and O–H groups in total. The summed E-state index contributed by atoms with van der Waals surface area (Å²) in [5, 5.41) is 6.91. The van der Waals surface area contributed by atoms with Crippen LogP contribution < -0.4 is 0 Å². The maximum Gasteiger partial charge on any atom is 0.0984 e. The summed E-state index contributed by atoms with van der Waals surface area (Å²) in [6.45, 7) is 2.75. The van der Waals surface area contributed by atoms with Gasteiger partial charge in [0.25, 0.3) is 0 Å². The molecule has 1 heterocycles. The predicted molar refractivity (Wildman–Crippen MR) is 46.5 cm³/mol. The van der Waals surface area contributed by atoms with Gasteiger partial charge >= 0.3 is 0 Å². The first-order valence-corrected chi connectivity index (χ1v) is 4.25. The summed E-state index contributed by atoms with van der Waals surface area (Å²) in [4.78, 5) is 0. The molecule has 1 aromatic heterocycles. The van der Waals surface area contributed by atoms with Gasteiger partial charge in [0, 0.05) is 12.5 Å². The largest absolute Gasteiger partial charge is 0.498 e. The molecule has 0 saturated heterocycles. The van der Waals surface area contributed by atoms with Crippen molar-refractivity contribution in [1.82, 2.24) is 10.2 Å². The van der Waals surface area contributed by atoms with E-state index in [4.69, 9.17) is 4.74 Å². The number of ether oxygens (including phenoxy) is 1. The maximum absolute atomic E-state index is 5.42. The average molecular weight is 164 g/mol. The fraction of sp³-hybridized carbons (Fsp3) is 0.444. The molecule has 0 fully saturated rings. The Labute approximate surface area is 71.4 Å². The Morgan fingerprint density at radius 1 is 1.58 bits per heavy atom. The van der Waals surface area contributed by atoms with E-state index in [9.17, 15) is 0 Å². The van der Waals surface area contributed by atoms with Gasteiger partial charge in [-0.1, -0.05) is 0 Å². The molecule has 0 aromatic carbocycles. The number of aromatic amines is 1. The van der Waals surface area contributed by atoms with Crippen molar-refractivity contribution >= 4 is 6.08 Å². The molecule has 1 aromatic rings. The van der Waals surface area contributed by atoms with Crippen LogP contribution in [0.15, 0.2) is 12.0 Å². The molecular formula is C9H12N2O. The number of aryl methyl sites for hydroxylation is 1. The summed E-state index contributed by atoms with van der Waals surface area (Å²) < 4.78 is 5.42. The van der Waals surface area contributed by atoms with Crippen LogP contribution >= 0.6 is 0 Å². The quantitative estimate of drug-likeness (QED) is 0.722. The Hall–Kier alpha value is -1.25. The number of hydrogen-bond donors (Lipinski definition) is 1. The molecule has 0 bridgehead atoms. The van der Waals surface area contributed by atoms with Crippen LogP contribution in [-0.4, -0.2) is 16.8 Å². The van der Waals surface area contributed by atoms with E-state index in [-0.39, 0.29) is 0 Å². The summed E-state index contributed by atoms with van der Waals surface area (Å²) in [6.07, 6.45) is 5.96. The van der Waals surface area contributed by atoms with E-state index in [0.29, 0.717) is 0 Å². The molecular weight excluding hydrogens is 152 g/mol. The van der Waals surface area contributed by atoms with Crippen LogP contribution in [0.25, 0.3) is 6.08 Å². The lowest BCUT2D eigenvalue weighted by atomic mass is 10.0. The third kappa shape index (κ3) is 1.22. The highest BCUT2D eigenvalue weighted by Crippen LogP contribution is 2.21. The molecule has 0 saturated carbocycles. The third-order valence-corrected chi connectivity index (χ3v) is 2.03. The first kappa shape index (κ1) is 7.40. The zero-order valence-corrected chi connectivity index (χ0v) is 7.13.